The number of hydrogen-bond donors (Lipinski definition) is 1. The van der Waals surface area contributed by atoms with Gasteiger partial charge in [-0.15, -0.1) is 0 Å². The van der Waals surface area contributed by atoms with Crippen molar-refractivity contribution in [3.63, 3.8) is 0 Å². The van der Waals surface area contributed by atoms with Gasteiger partial charge in [-0.1, -0.05) is 23.7 Å². The van der Waals surface area contributed by atoms with Crippen LogP contribution in [0.15, 0.2) is 36.5 Å². The van der Waals surface area contributed by atoms with Gasteiger partial charge in [0.05, 0.1) is 0 Å². The predicted octanol–water partition coefficient (Wildman–Crippen LogP) is 3.26. The molecular formula is C14H16ClN3. The molecular weight excluding hydrogens is 246 g/mol. The van der Waals surface area contributed by atoms with Crippen LogP contribution in [0.1, 0.15) is 11.1 Å². The Balaban J connectivity index is 2.16. The van der Waals surface area contributed by atoms with Crippen molar-refractivity contribution in [2.45, 2.75) is 13.5 Å². The summed E-state index contributed by atoms with van der Waals surface area (Å²) in [6, 6.07) is 9.70. The monoisotopic (exact) mass is 261 g/mol. The second kappa shape index (κ2) is 5.27. The van der Waals surface area contributed by atoms with E-state index in [0.29, 0.717) is 0 Å². The quantitative estimate of drug-likeness (QED) is 0.922. The first-order valence-electron chi connectivity index (χ1n) is 5.74. The molecule has 0 bridgehead atoms. The topological polar surface area (TPSA) is 42.2 Å². The molecule has 0 amide bonds. The van der Waals surface area contributed by atoms with E-state index < -0.39 is 0 Å². The molecule has 0 radical (unpaired) electrons. The zero-order valence-corrected chi connectivity index (χ0v) is 11.3. The Kier molecular flexibility index (Phi) is 3.72. The molecule has 1 aromatic heterocycles. The van der Waals surface area contributed by atoms with Crippen molar-refractivity contribution in [3.05, 3.63) is 52.7 Å². The largest absolute Gasteiger partial charge is 0.398 e. The second-order valence-corrected chi connectivity index (χ2v) is 4.82. The third-order valence-corrected chi connectivity index (χ3v) is 3.07. The molecule has 1 heterocycles. The van der Waals surface area contributed by atoms with Crippen molar-refractivity contribution < 1.29 is 0 Å². The fourth-order valence-electron chi connectivity index (χ4n) is 1.73. The zero-order chi connectivity index (χ0) is 13.1. The van der Waals surface area contributed by atoms with Crippen molar-refractivity contribution in [2.24, 2.45) is 0 Å². The molecule has 0 aliphatic rings. The van der Waals surface area contributed by atoms with Crippen LogP contribution in [0.4, 0.5) is 11.5 Å². The Morgan fingerprint density at radius 2 is 2.11 bits per heavy atom. The molecule has 2 rings (SSSR count). The molecule has 18 heavy (non-hydrogen) atoms. The Bertz CT molecular complexity index is 554. The van der Waals surface area contributed by atoms with E-state index in [1.165, 1.54) is 0 Å². The minimum absolute atomic E-state index is 0.746. The van der Waals surface area contributed by atoms with Gasteiger partial charge in [-0.05, 0) is 30.2 Å². The summed E-state index contributed by atoms with van der Waals surface area (Å²) in [4.78, 5) is 6.41. The number of rotatable bonds is 3. The van der Waals surface area contributed by atoms with E-state index in [0.717, 1.165) is 34.2 Å². The molecule has 0 unspecified atom stereocenters. The van der Waals surface area contributed by atoms with Crippen LogP contribution in [-0.2, 0) is 6.54 Å². The fraction of sp³-hybridized carbons (Fsp3) is 0.214. The van der Waals surface area contributed by atoms with Gasteiger partial charge < -0.3 is 10.6 Å². The van der Waals surface area contributed by atoms with Crippen molar-refractivity contribution in [1.82, 2.24) is 4.98 Å². The highest BCUT2D eigenvalue weighted by Crippen LogP contribution is 2.19. The normalized spacial score (nSPS) is 10.4. The number of benzene rings is 1. The SMILES string of the molecule is Cc1cnc(N(C)Cc2cccc(Cl)c2)cc1N. The molecule has 0 atom stereocenters. The number of nitrogens with two attached hydrogens (primary N) is 1. The van der Waals surface area contributed by atoms with Crippen molar-refractivity contribution in [1.29, 1.82) is 0 Å². The van der Waals surface area contributed by atoms with E-state index >= 15 is 0 Å². The maximum atomic E-state index is 5.97. The summed E-state index contributed by atoms with van der Waals surface area (Å²) in [5.74, 6) is 0.859. The lowest BCUT2D eigenvalue weighted by molar-refractivity contribution is 0.897. The lowest BCUT2D eigenvalue weighted by Crippen LogP contribution is -2.18. The van der Waals surface area contributed by atoms with Crippen LogP contribution in [0.5, 0.6) is 0 Å². The van der Waals surface area contributed by atoms with Gasteiger partial charge in [-0.3, -0.25) is 0 Å². The first kappa shape index (κ1) is 12.7. The summed E-state index contributed by atoms with van der Waals surface area (Å²) in [5, 5.41) is 0.747. The van der Waals surface area contributed by atoms with Gasteiger partial charge in [0.25, 0.3) is 0 Å². The van der Waals surface area contributed by atoms with Crippen LogP contribution >= 0.6 is 11.6 Å². The second-order valence-electron chi connectivity index (χ2n) is 4.39. The minimum Gasteiger partial charge on any atom is -0.398 e. The number of aryl methyl sites for hydroxylation is 1. The predicted molar refractivity (Wildman–Crippen MR) is 76.9 cm³/mol. The van der Waals surface area contributed by atoms with Crippen LogP contribution in [-0.4, -0.2) is 12.0 Å². The van der Waals surface area contributed by atoms with Crippen LogP contribution < -0.4 is 10.6 Å². The Hall–Kier alpha value is -1.74. The molecule has 1 aromatic carbocycles. The van der Waals surface area contributed by atoms with Crippen LogP contribution in [0.25, 0.3) is 0 Å². The van der Waals surface area contributed by atoms with E-state index in [4.69, 9.17) is 17.3 Å². The maximum Gasteiger partial charge on any atom is 0.130 e. The van der Waals surface area contributed by atoms with Gasteiger partial charge in [0, 0.05) is 36.6 Å². The molecule has 0 fully saturated rings. The van der Waals surface area contributed by atoms with Gasteiger partial charge in [-0.25, -0.2) is 4.98 Å². The summed E-state index contributed by atoms with van der Waals surface area (Å²) in [5.41, 5.74) is 8.79. The Morgan fingerprint density at radius 1 is 1.33 bits per heavy atom. The summed E-state index contributed by atoms with van der Waals surface area (Å²) >= 11 is 5.97. The maximum absolute atomic E-state index is 5.97. The van der Waals surface area contributed by atoms with E-state index in [1.54, 1.807) is 6.20 Å². The highest BCUT2D eigenvalue weighted by atomic mass is 35.5. The molecule has 2 N–H and O–H groups in total. The molecule has 0 spiro atoms. The highest BCUT2D eigenvalue weighted by Gasteiger charge is 2.05. The minimum atomic E-state index is 0.746. The number of halogens is 1. The van der Waals surface area contributed by atoms with Crippen LogP contribution in [0.2, 0.25) is 5.02 Å². The van der Waals surface area contributed by atoms with Gasteiger partial charge >= 0.3 is 0 Å². The smallest absolute Gasteiger partial charge is 0.130 e. The molecule has 94 valence electrons. The van der Waals surface area contributed by atoms with Crippen LogP contribution in [0, 0.1) is 6.92 Å². The molecule has 0 aliphatic heterocycles. The lowest BCUT2D eigenvalue weighted by atomic mass is 10.2. The molecule has 0 saturated carbocycles. The number of pyridine rings is 1. The van der Waals surface area contributed by atoms with E-state index in [9.17, 15) is 0 Å². The van der Waals surface area contributed by atoms with Crippen molar-refractivity contribution in [2.75, 3.05) is 17.7 Å². The van der Waals surface area contributed by atoms with E-state index in [2.05, 4.69) is 4.98 Å². The average molecular weight is 262 g/mol. The van der Waals surface area contributed by atoms with Crippen LogP contribution in [0.3, 0.4) is 0 Å². The Morgan fingerprint density at radius 3 is 2.78 bits per heavy atom. The molecule has 2 aromatic rings. The molecule has 0 aliphatic carbocycles. The standard InChI is InChI=1S/C14H16ClN3/c1-10-8-17-14(7-13(10)16)18(2)9-11-4-3-5-12(15)6-11/h3-8H,9H2,1-2H3,(H2,16,17). The van der Waals surface area contributed by atoms with Gasteiger partial charge in [-0.2, -0.15) is 0 Å². The number of aromatic nitrogens is 1. The molecule has 4 heteroatoms. The van der Waals surface area contributed by atoms with Gasteiger partial charge in [0.1, 0.15) is 5.82 Å². The number of anilines is 2. The summed E-state index contributed by atoms with van der Waals surface area (Å²) < 4.78 is 0. The number of nitrogens with zero attached hydrogens (tertiary/aromatic N) is 2. The Labute approximate surface area is 112 Å². The van der Waals surface area contributed by atoms with E-state index in [1.807, 2.05) is 49.2 Å². The molecule has 0 saturated heterocycles. The van der Waals surface area contributed by atoms with E-state index in [-0.39, 0.29) is 0 Å². The van der Waals surface area contributed by atoms with Crippen molar-refractivity contribution >= 4 is 23.1 Å². The average Bonchev–Trinajstić information content (AvgIpc) is 2.32. The third kappa shape index (κ3) is 2.93. The van der Waals surface area contributed by atoms with Gasteiger partial charge in [0.2, 0.25) is 0 Å². The summed E-state index contributed by atoms with van der Waals surface area (Å²) in [6.07, 6.45) is 1.79. The first-order valence-corrected chi connectivity index (χ1v) is 6.12. The zero-order valence-electron chi connectivity index (χ0n) is 10.5. The summed E-state index contributed by atoms with van der Waals surface area (Å²) in [7, 11) is 1.98. The number of hydrogen-bond acceptors (Lipinski definition) is 3. The van der Waals surface area contributed by atoms with Gasteiger partial charge in [0.15, 0.2) is 0 Å². The summed E-state index contributed by atoms with van der Waals surface area (Å²) in [6.45, 7) is 2.69. The highest BCUT2D eigenvalue weighted by molar-refractivity contribution is 6.30. The first-order chi connectivity index (χ1) is 8.56. The number of nitrogen functional groups attached to an aromatic ring is 1. The molecule has 3 nitrogen and oxygen atoms in total. The lowest BCUT2D eigenvalue weighted by Gasteiger charge is -2.19. The van der Waals surface area contributed by atoms with Crippen molar-refractivity contribution in [3.8, 4) is 0 Å². The fourth-order valence-corrected chi connectivity index (χ4v) is 1.94. The third-order valence-electron chi connectivity index (χ3n) is 2.83.